The molecule has 3 aliphatic carbocycles. The Labute approximate surface area is 290 Å². The first-order valence-electron chi connectivity index (χ1n) is 17.9. The summed E-state index contributed by atoms with van der Waals surface area (Å²) in [7, 11) is 0. The Morgan fingerprint density at radius 2 is 1.30 bits per heavy atom. The quantitative estimate of drug-likeness (QED) is 0.221. The van der Waals surface area contributed by atoms with Crippen LogP contribution in [-0.2, 0) is 25.2 Å². The minimum absolute atomic E-state index is 0.00182. The molecule has 0 spiro atoms. The number of hydrogen-bond acceptors (Lipinski definition) is 9. The Balaban J connectivity index is 1.32. The van der Waals surface area contributed by atoms with Crippen LogP contribution in [0.2, 0.25) is 0 Å². The predicted molar refractivity (Wildman–Crippen MR) is 186 cm³/mol. The van der Waals surface area contributed by atoms with Gasteiger partial charge in [0.15, 0.2) is 22.9 Å². The lowest BCUT2D eigenvalue weighted by Gasteiger charge is -2.25. The van der Waals surface area contributed by atoms with Gasteiger partial charge in [0, 0.05) is 28.4 Å². The lowest BCUT2D eigenvalue weighted by Crippen LogP contribution is -2.32. The number of fused-ring (bicyclic) bond motifs is 2. The minimum Gasteiger partial charge on any atom is -0.506 e. The number of aromatic nitrogens is 8. The van der Waals surface area contributed by atoms with Crippen molar-refractivity contribution in [2.45, 2.75) is 130 Å². The number of ketones is 1. The number of aromatic amines is 1. The van der Waals surface area contributed by atoms with Gasteiger partial charge in [-0.25, -0.2) is 4.52 Å². The SMILES string of the molecule is CC(NC(=O)C1CCCC1)c1nnc2/c(=C3\C(=O)C(c4c(C(C)(C)C)[nH]n5c(C(C)NC(=O)C6CCCC6)nnc45)=C3O)c(C(C)(C)C)nn12. The van der Waals surface area contributed by atoms with Gasteiger partial charge in [-0.2, -0.15) is 9.61 Å². The van der Waals surface area contributed by atoms with Crippen LogP contribution in [-0.4, -0.2) is 62.3 Å². The van der Waals surface area contributed by atoms with Crippen LogP contribution in [0.3, 0.4) is 0 Å². The molecule has 266 valence electrons. The van der Waals surface area contributed by atoms with Crippen LogP contribution in [0.4, 0.5) is 0 Å². The third kappa shape index (κ3) is 5.47. The van der Waals surface area contributed by atoms with Gasteiger partial charge in [0.05, 0.1) is 39.7 Å². The highest BCUT2D eigenvalue weighted by Gasteiger charge is 2.43. The number of nitrogens with zero attached hydrogens (tertiary/aromatic N) is 7. The zero-order chi connectivity index (χ0) is 35.9. The van der Waals surface area contributed by atoms with E-state index in [0.29, 0.717) is 45.1 Å². The molecule has 50 heavy (non-hydrogen) atoms. The van der Waals surface area contributed by atoms with Crippen molar-refractivity contribution in [3.8, 4) is 0 Å². The van der Waals surface area contributed by atoms with Crippen LogP contribution in [0.1, 0.15) is 147 Å². The molecule has 2 unspecified atom stereocenters. The van der Waals surface area contributed by atoms with Crippen LogP contribution in [0.15, 0.2) is 5.76 Å². The number of amides is 2. The van der Waals surface area contributed by atoms with Crippen LogP contribution >= 0.6 is 0 Å². The summed E-state index contributed by atoms with van der Waals surface area (Å²) >= 11 is 0. The zero-order valence-electron chi connectivity index (χ0n) is 30.3. The molecule has 0 bridgehead atoms. The number of aliphatic hydroxyl groups is 1. The summed E-state index contributed by atoms with van der Waals surface area (Å²) in [5, 5.41) is 44.4. The molecule has 14 heteroatoms. The fourth-order valence-corrected chi connectivity index (χ4v) is 7.77. The maximum absolute atomic E-state index is 14.4. The molecular weight excluding hydrogens is 636 g/mol. The first-order valence-corrected chi connectivity index (χ1v) is 17.9. The molecule has 0 aliphatic heterocycles. The molecule has 4 aromatic rings. The molecular formula is C36H48N10O4. The van der Waals surface area contributed by atoms with Crippen LogP contribution in [0.5, 0.6) is 0 Å². The van der Waals surface area contributed by atoms with E-state index in [-0.39, 0.29) is 46.3 Å². The van der Waals surface area contributed by atoms with Crippen LogP contribution < -0.4 is 15.9 Å². The van der Waals surface area contributed by atoms with E-state index in [4.69, 9.17) is 5.10 Å². The number of carbonyl (C=O) groups is 3. The lowest BCUT2D eigenvalue weighted by molar-refractivity contribution is -0.126. The summed E-state index contributed by atoms with van der Waals surface area (Å²) in [6, 6.07) is -0.907. The van der Waals surface area contributed by atoms with Crippen LogP contribution in [0.25, 0.3) is 22.4 Å². The van der Waals surface area contributed by atoms with Gasteiger partial charge in [0.25, 0.3) is 0 Å². The summed E-state index contributed by atoms with van der Waals surface area (Å²) in [6.07, 6.45) is 7.75. The third-order valence-corrected chi connectivity index (χ3v) is 10.5. The third-order valence-electron chi connectivity index (χ3n) is 10.5. The van der Waals surface area contributed by atoms with Crippen molar-refractivity contribution in [2.75, 3.05) is 0 Å². The highest BCUT2D eigenvalue weighted by Crippen LogP contribution is 2.43. The van der Waals surface area contributed by atoms with E-state index in [2.05, 4.69) is 36.1 Å². The van der Waals surface area contributed by atoms with Crippen molar-refractivity contribution < 1.29 is 19.5 Å². The van der Waals surface area contributed by atoms with Crippen molar-refractivity contribution in [1.29, 1.82) is 0 Å². The summed E-state index contributed by atoms with van der Waals surface area (Å²) in [6.45, 7) is 15.7. The Morgan fingerprint density at radius 1 is 0.780 bits per heavy atom. The highest BCUT2D eigenvalue weighted by atomic mass is 16.3. The standard InChI is InChI=1S/C36H48N10O4/c1-17(37-33(49)19-13-9-10-14-19)29-39-41-31-23(27(35(3,4)5)43-45(29)31)21-25(47)22(26(21)48)24-28(36(6,7)8)44-46-30(40-42-32(24)46)18(2)38-34(50)20-15-11-12-16-20/h17-20,43,47H,9-16H2,1-8H3,(H,37,49)(H,38,50)/b24-22-. The number of aliphatic hydroxyl groups excluding tert-OH is 1. The molecule has 2 saturated carbocycles. The number of Topliss-reactive ketones (excluding diaryl/α,β-unsaturated/α-hetero) is 1. The van der Waals surface area contributed by atoms with Crippen molar-refractivity contribution in [2.24, 2.45) is 11.8 Å². The Hall–Kier alpha value is -4.62. The van der Waals surface area contributed by atoms with Crippen LogP contribution in [0, 0.1) is 11.8 Å². The van der Waals surface area contributed by atoms with E-state index in [1.807, 2.05) is 55.4 Å². The lowest BCUT2D eigenvalue weighted by atomic mass is 9.77. The average molecular weight is 685 g/mol. The van der Waals surface area contributed by atoms with E-state index in [9.17, 15) is 19.5 Å². The fourth-order valence-electron chi connectivity index (χ4n) is 7.77. The topological polar surface area (TPSA) is 185 Å². The molecule has 7 rings (SSSR count). The number of allylic oxidation sites excluding steroid dienone is 2. The minimum atomic E-state index is -0.522. The normalized spacial score (nSPS) is 20.3. The summed E-state index contributed by atoms with van der Waals surface area (Å²) in [4.78, 5) is 40.2. The van der Waals surface area contributed by atoms with Gasteiger partial charge >= 0.3 is 0 Å². The summed E-state index contributed by atoms with van der Waals surface area (Å²) in [5.74, 6) is 0.414. The van der Waals surface area contributed by atoms with E-state index in [0.717, 1.165) is 51.4 Å². The first-order chi connectivity index (χ1) is 23.6. The second-order valence-corrected chi connectivity index (χ2v) is 16.4. The zero-order valence-corrected chi connectivity index (χ0v) is 30.3. The number of hydrogen-bond donors (Lipinski definition) is 4. The molecule has 0 aromatic carbocycles. The van der Waals surface area contributed by atoms with Gasteiger partial charge in [-0.1, -0.05) is 67.2 Å². The van der Waals surface area contributed by atoms with E-state index < -0.39 is 22.9 Å². The molecule has 4 heterocycles. The predicted octanol–water partition coefficient (Wildman–Crippen LogP) is 4.25. The number of nitrogens with one attached hydrogen (secondary N) is 3. The number of carbonyl (C=O) groups excluding carboxylic acids is 3. The molecule has 0 radical (unpaired) electrons. The Kier molecular flexibility index (Phi) is 8.13. The Bertz CT molecular complexity index is 2110. The van der Waals surface area contributed by atoms with Gasteiger partial charge in [-0.05, 0) is 39.5 Å². The molecule has 2 atom stereocenters. The summed E-state index contributed by atoms with van der Waals surface area (Å²) < 4.78 is 3.29. The molecule has 4 N–H and O–H groups in total. The van der Waals surface area contributed by atoms with Gasteiger partial charge in [0.1, 0.15) is 5.76 Å². The van der Waals surface area contributed by atoms with Crippen molar-refractivity contribution in [1.82, 2.24) is 50.3 Å². The second-order valence-electron chi connectivity index (χ2n) is 16.4. The van der Waals surface area contributed by atoms with Gasteiger partial charge < -0.3 is 15.7 Å². The van der Waals surface area contributed by atoms with Crippen molar-refractivity contribution >= 4 is 40.0 Å². The van der Waals surface area contributed by atoms with Gasteiger partial charge in [0.2, 0.25) is 17.6 Å². The smallest absolute Gasteiger partial charge is 0.223 e. The number of rotatable bonds is 7. The van der Waals surface area contributed by atoms with E-state index in [1.54, 1.807) is 9.03 Å². The van der Waals surface area contributed by atoms with E-state index in [1.165, 1.54) is 0 Å². The maximum atomic E-state index is 14.4. The largest absolute Gasteiger partial charge is 0.506 e. The monoisotopic (exact) mass is 684 g/mol. The Morgan fingerprint density at radius 3 is 1.82 bits per heavy atom. The molecule has 2 fully saturated rings. The van der Waals surface area contributed by atoms with E-state index >= 15 is 0 Å². The molecule has 14 nitrogen and oxygen atoms in total. The van der Waals surface area contributed by atoms with Crippen molar-refractivity contribution in [3.05, 3.63) is 39.6 Å². The molecule has 0 saturated heterocycles. The molecule has 4 aromatic heterocycles. The van der Waals surface area contributed by atoms with Crippen molar-refractivity contribution in [3.63, 3.8) is 0 Å². The molecule has 3 aliphatic rings. The highest BCUT2D eigenvalue weighted by molar-refractivity contribution is 6.52. The first kappa shape index (κ1) is 33.9. The molecule has 2 amide bonds. The summed E-state index contributed by atoms with van der Waals surface area (Å²) in [5.41, 5.74) is 1.73. The fraction of sp³-hybridized carbons (Fsp3) is 0.611. The van der Waals surface area contributed by atoms with Gasteiger partial charge in [-0.15, -0.1) is 20.4 Å². The maximum Gasteiger partial charge on any atom is 0.223 e. The average Bonchev–Trinajstić information content (AvgIpc) is 3.87. The number of H-pyrrole nitrogens is 1. The second kappa shape index (κ2) is 12.0. The van der Waals surface area contributed by atoms with Gasteiger partial charge in [-0.3, -0.25) is 19.5 Å².